The molecule has 0 aliphatic heterocycles. The molecule has 0 unspecified atom stereocenters. The van der Waals surface area contributed by atoms with Gasteiger partial charge in [-0.05, 0) is 37.6 Å². The van der Waals surface area contributed by atoms with Gasteiger partial charge in [0, 0.05) is 17.2 Å². The number of halogens is 2. The van der Waals surface area contributed by atoms with E-state index in [1.165, 1.54) is 22.9 Å². The Kier molecular flexibility index (Phi) is 7.01. The van der Waals surface area contributed by atoms with Gasteiger partial charge >= 0.3 is 0 Å². The standard InChI is InChI=1S/C25H24ClFN6O4/c1-25(2,12-34)33-23(28)21(24(29)36)22(31-33)14-5-3-13(4-6-14)9-19(35)30-20-11-18(32-37-20)16-8-7-15(27)10-17(16)26/h3-8,10-11,34H,9,12,28H2,1-2H3,(H2,29,36)(H,30,35). The minimum Gasteiger partial charge on any atom is -0.394 e. The van der Waals surface area contributed by atoms with E-state index in [0.29, 0.717) is 22.4 Å². The molecule has 4 aromatic rings. The summed E-state index contributed by atoms with van der Waals surface area (Å²) in [4.78, 5) is 24.6. The second-order valence-corrected chi connectivity index (χ2v) is 9.39. The van der Waals surface area contributed by atoms with Gasteiger partial charge in [-0.2, -0.15) is 5.10 Å². The van der Waals surface area contributed by atoms with Gasteiger partial charge in [0.05, 0.1) is 23.6 Å². The van der Waals surface area contributed by atoms with Crippen LogP contribution in [0.1, 0.15) is 29.8 Å². The zero-order chi connectivity index (χ0) is 26.9. The van der Waals surface area contributed by atoms with Crippen LogP contribution in [0.4, 0.5) is 16.1 Å². The van der Waals surface area contributed by atoms with Crippen LogP contribution in [0, 0.1) is 5.82 Å². The number of anilines is 2. The maximum absolute atomic E-state index is 13.3. The minimum absolute atomic E-state index is 0.0183. The molecule has 0 atom stereocenters. The Morgan fingerprint density at radius 2 is 1.89 bits per heavy atom. The summed E-state index contributed by atoms with van der Waals surface area (Å²) in [7, 11) is 0. The number of hydrogen-bond donors (Lipinski definition) is 4. The average molecular weight is 527 g/mol. The molecule has 2 aromatic heterocycles. The van der Waals surface area contributed by atoms with E-state index in [-0.39, 0.29) is 46.9 Å². The number of aromatic nitrogens is 3. The molecule has 0 spiro atoms. The molecule has 192 valence electrons. The van der Waals surface area contributed by atoms with E-state index in [2.05, 4.69) is 15.6 Å². The van der Waals surface area contributed by atoms with E-state index < -0.39 is 17.3 Å². The van der Waals surface area contributed by atoms with Crippen molar-refractivity contribution < 1.29 is 23.6 Å². The molecule has 2 heterocycles. The first-order valence-corrected chi connectivity index (χ1v) is 11.5. The van der Waals surface area contributed by atoms with Crippen molar-refractivity contribution in [3.05, 3.63) is 70.5 Å². The number of nitrogens with two attached hydrogens (primary N) is 2. The van der Waals surface area contributed by atoms with Gasteiger partial charge in [0.25, 0.3) is 5.91 Å². The lowest BCUT2D eigenvalue weighted by molar-refractivity contribution is -0.115. The normalized spacial score (nSPS) is 11.5. The summed E-state index contributed by atoms with van der Waals surface area (Å²) >= 11 is 6.05. The van der Waals surface area contributed by atoms with E-state index in [4.69, 9.17) is 27.6 Å². The topological polar surface area (TPSA) is 162 Å². The molecule has 12 heteroatoms. The fourth-order valence-electron chi connectivity index (χ4n) is 3.71. The van der Waals surface area contributed by atoms with Crippen LogP contribution < -0.4 is 16.8 Å². The van der Waals surface area contributed by atoms with Gasteiger partial charge in [-0.1, -0.05) is 41.0 Å². The fourth-order valence-corrected chi connectivity index (χ4v) is 3.97. The first kappa shape index (κ1) is 25.9. The maximum Gasteiger partial charge on any atom is 0.254 e. The van der Waals surface area contributed by atoms with Crippen LogP contribution in [-0.2, 0) is 16.8 Å². The van der Waals surface area contributed by atoms with Crippen molar-refractivity contribution in [1.29, 1.82) is 0 Å². The first-order chi connectivity index (χ1) is 17.5. The molecule has 4 rings (SSSR count). The number of nitrogens with zero attached hydrogens (tertiary/aromatic N) is 3. The third-order valence-electron chi connectivity index (χ3n) is 5.70. The number of nitrogen functional groups attached to an aromatic ring is 1. The van der Waals surface area contributed by atoms with Crippen molar-refractivity contribution in [3.63, 3.8) is 0 Å². The lowest BCUT2D eigenvalue weighted by Gasteiger charge is -2.23. The number of carbonyl (C=O) groups excluding carboxylic acids is 2. The third-order valence-corrected chi connectivity index (χ3v) is 6.01. The predicted molar refractivity (Wildman–Crippen MR) is 136 cm³/mol. The highest BCUT2D eigenvalue weighted by Gasteiger charge is 2.29. The van der Waals surface area contributed by atoms with Gasteiger partial charge in [-0.3, -0.25) is 14.9 Å². The third kappa shape index (κ3) is 5.32. The molecule has 0 aliphatic rings. The summed E-state index contributed by atoms with van der Waals surface area (Å²) in [5, 5.41) is 20.8. The lowest BCUT2D eigenvalue weighted by atomic mass is 10.0. The van der Waals surface area contributed by atoms with Gasteiger partial charge < -0.3 is 21.1 Å². The Morgan fingerprint density at radius 3 is 2.51 bits per heavy atom. The summed E-state index contributed by atoms with van der Waals surface area (Å²) < 4.78 is 19.8. The molecule has 0 saturated heterocycles. The molecule has 0 radical (unpaired) electrons. The molecule has 0 aliphatic carbocycles. The van der Waals surface area contributed by atoms with Crippen LogP contribution >= 0.6 is 11.6 Å². The van der Waals surface area contributed by atoms with Crippen LogP contribution in [0.2, 0.25) is 5.02 Å². The smallest absolute Gasteiger partial charge is 0.254 e. The lowest BCUT2D eigenvalue weighted by Crippen LogP contribution is -2.32. The summed E-state index contributed by atoms with van der Waals surface area (Å²) in [6.07, 6.45) is 0.0183. The molecular formula is C25H24ClFN6O4. The molecular weight excluding hydrogens is 503 g/mol. The highest BCUT2D eigenvalue weighted by molar-refractivity contribution is 6.33. The van der Waals surface area contributed by atoms with E-state index in [1.807, 2.05) is 0 Å². The summed E-state index contributed by atoms with van der Waals surface area (Å²) in [6.45, 7) is 3.19. The van der Waals surface area contributed by atoms with Crippen molar-refractivity contribution >= 4 is 35.1 Å². The van der Waals surface area contributed by atoms with Crippen molar-refractivity contribution in [1.82, 2.24) is 14.9 Å². The highest BCUT2D eigenvalue weighted by atomic mass is 35.5. The Balaban J connectivity index is 1.49. The van der Waals surface area contributed by atoms with Crippen LogP contribution in [0.15, 0.2) is 53.1 Å². The van der Waals surface area contributed by atoms with Gasteiger partial charge in [0.2, 0.25) is 11.8 Å². The SMILES string of the molecule is CC(C)(CO)n1nc(-c2ccc(CC(=O)Nc3cc(-c4ccc(F)cc4Cl)no3)cc2)c(C(N)=O)c1N. The van der Waals surface area contributed by atoms with Crippen molar-refractivity contribution in [3.8, 4) is 22.5 Å². The number of nitrogens with one attached hydrogen (secondary N) is 1. The van der Waals surface area contributed by atoms with E-state index in [1.54, 1.807) is 38.1 Å². The quantitative estimate of drug-likeness (QED) is 0.272. The second-order valence-electron chi connectivity index (χ2n) is 8.98. The number of carbonyl (C=O) groups is 2. The maximum atomic E-state index is 13.3. The van der Waals surface area contributed by atoms with E-state index in [0.717, 1.165) is 6.07 Å². The number of aliphatic hydroxyl groups is 1. The molecule has 2 aromatic carbocycles. The van der Waals surface area contributed by atoms with Crippen LogP contribution in [0.5, 0.6) is 0 Å². The Bertz CT molecular complexity index is 1480. The molecule has 2 amide bonds. The summed E-state index contributed by atoms with van der Waals surface area (Å²) in [6, 6.07) is 12.1. The molecule has 10 nitrogen and oxygen atoms in total. The zero-order valence-electron chi connectivity index (χ0n) is 20.0. The summed E-state index contributed by atoms with van der Waals surface area (Å²) in [5.74, 6) is -1.43. The summed E-state index contributed by atoms with van der Waals surface area (Å²) in [5.41, 5.74) is 13.2. The fraction of sp³-hybridized carbons (Fsp3) is 0.200. The van der Waals surface area contributed by atoms with Crippen LogP contribution in [0.3, 0.4) is 0 Å². The van der Waals surface area contributed by atoms with Crippen molar-refractivity contribution in [2.75, 3.05) is 17.7 Å². The molecule has 0 saturated carbocycles. The number of rotatable bonds is 8. The minimum atomic E-state index is -0.854. The first-order valence-electron chi connectivity index (χ1n) is 11.1. The Morgan fingerprint density at radius 1 is 1.19 bits per heavy atom. The van der Waals surface area contributed by atoms with Crippen molar-refractivity contribution in [2.24, 2.45) is 5.73 Å². The van der Waals surface area contributed by atoms with Gasteiger partial charge in [0.15, 0.2) is 0 Å². The molecule has 0 fully saturated rings. The number of hydrogen-bond acceptors (Lipinski definition) is 7. The van der Waals surface area contributed by atoms with E-state index >= 15 is 0 Å². The van der Waals surface area contributed by atoms with Crippen LogP contribution in [-0.4, -0.2) is 38.5 Å². The monoisotopic (exact) mass is 526 g/mol. The number of benzene rings is 2. The Hall–Kier alpha value is -4.22. The molecule has 37 heavy (non-hydrogen) atoms. The number of aliphatic hydroxyl groups excluding tert-OH is 1. The average Bonchev–Trinajstić information content (AvgIpc) is 3.44. The molecule has 6 N–H and O–H groups in total. The van der Waals surface area contributed by atoms with E-state index in [9.17, 15) is 19.1 Å². The number of primary amides is 1. The predicted octanol–water partition coefficient (Wildman–Crippen LogP) is 3.59. The van der Waals surface area contributed by atoms with Gasteiger partial charge in [-0.15, -0.1) is 0 Å². The van der Waals surface area contributed by atoms with Crippen molar-refractivity contribution in [2.45, 2.75) is 25.8 Å². The van der Waals surface area contributed by atoms with Crippen LogP contribution in [0.25, 0.3) is 22.5 Å². The molecule has 0 bridgehead atoms. The van der Waals surface area contributed by atoms with Gasteiger partial charge in [0.1, 0.15) is 28.6 Å². The zero-order valence-corrected chi connectivity index (χ0v) is 20.7. The highest BCUT2D eigenvalue weighted by Crippen LogP contribution is 2.32. The number of amides is 2. The largest absolute Gasteiger partial charge is 0.394 e. The second kappa shape index (κ2) is 10.0. The Labute approximate surface area is 216 Å². The van der Waals surface area contributed by atoms with Gasteiger partial charge in [-0.25, -0.2) is 9.07 Å².